The summed E-state index contributed by atoms with van der Waals surface area (Å²) >= 11 is 3.44. The van der Waals surface area contributed by atoms with Gasteiger partial charge in [-0.25, -0.2) is 0 Å². The van der Waals surface area contributed by atoms with Gasteiger partial charge >= 0.3 is 0 Å². The monoisotopic (exact) mass is 438 g/mol. The van der Waals surface area contributed by atoms with E-state index in [0.717, 1.165) is 21.8 Å². The Morgan fingerprint density at radius 3 is 2.86 bits per heavy atom. The number of halogens is 1. The van der Waals surface area contributed by atoms with Gasteiger partial charge in [-0.15, -0.1) is 0 Å². The van der Waals surface area contributed by atoms with Gasteiger partial charge in [0.1, 0.15) is 0 Å². The Labute approximate surface area is 170 Å². The van der Waals surface area contributed by atoms with Gasteiger partial charge in [0.15, 0.2) is 5.82 Å². The van der Waals surface area contributed by atoms with Crippen molar-refractivity contribution in [1.29, 1.82) is 0 Å². The summed E-state index contributed by atoms with van der Waals surface area (Å²) in [5, 5.41) is 8.20. The molecular formula is C21H19BrN4O2. The molecule has 3 heterocycles. The topological polar surface area (TPSA) is 69.3 Å². The fourth-order valence-corrected chi connectivity index (χ4v) is 4.56. The Balaban J connectivity index is 1.36. The highest BCUT2D eigenvalue weighted by Crippen LogP contribution is 2.32. The van der Waals surface area contributed by atoms with Crippen LogP contribution in [0.25, 0.3) is 10.9 Å². The molecule has 0 aliphatic carbocycles. The number of aromatic amines is 1. The van der Waals surface area contributed by atoms with Gasteiger partial charge < -0.3 is 4.90 Å². The first-order valence-electron chi connectivity index (χ1n) is 9.40. The minimum absolute atomic E-state index is 0.0490. The molecule has 2 amide bonds. The summed E-state index contributed by atoms with van der Waals surface area (Å²) in [5.41, 5.74) is 3.37. The number of carbonyl (C=O) groups is 2. The zero-order chi connectivity index (χ0) is 19.3. The van der Waals surface area contributed by atoms with Crippen molar-refractivity contribution in [2.45, 2.75) is 19.4 Å². The Kier molecular flexibility index (Phi) is 4.19. The SMILES string of the molecule is O=C([C@H]1CC(=O)N(c2n[nH]c3cc(Br)ccc23)C1)N1CCc2ccccc2C1. The highest BCUT2D eigenvalue weighted by atomic mass is 79.9. The largest absolute Gasteiger partial charge is 0.338 e. The Morgan fingerprint density at radius 1 is 1.18 bits per heavy atom. The average Bonchev–Trinajstić information content (AvgIpc) is 3.29. The van der Waals surface area contributed by atoms with E-state index in [-0.39, 0.29) is 24.2 Å². The van der Waals surface area contributed by atoms with E-state index in [4.69, 9.17) is 0 Å². The van der Waals surface area contributed by atoms with Crippen molar-refractivity contribution in [3.8, 4) is 0 Å². The van der Waals surface area contributed by atoms with Crippen LogP contribution in [0.5, 0.6) is 0 Å². The van der Waals surface area contributed by atoms with E-state index in [1.54, 1.807) is 4.90 Å². The summed E-state index contributed by atoms with van der Waals surface area (Å²) in [6.07, 6.45) is 1.10. The molecule has 0 saturated carbocycles. The van der Waals surface area contributed by atoms with Crippen LogP contribution < -0.4 is 4.90 Å². The molecule has 1 N–H and O–H groups in total. The molecule has 0 bridgehead atoms. The van der Waals surface area contributed by atoms with E-state index in [0.29, 0.717) is 25.5 Å². The van der Waals surface area contributed by atoms with Gasteiger partial charge in [-0.05, 0) is 35.7 Å². The summed E-state index contributed by atoms with van der Waals surface area (Å²) in [6, 6.07) is 14.0. The second kappa shape index (κ2) is 6.74. The van der Waals surface area contributed by atoms with Crippen LogP contribution >= 0.6 is 15.9 Å². The number of fused-ring (bicyclic) bond motifs is 2. The molecule has 5 rings (SSSR count). The van der Waals surface area contributed by atoms with Crippen molar-refractivity contribution < 1.29 is 9.59 Å². The average molecular weight is 439 g/mol. The Hall–Kier alpha value is -2.67. The molecule has 0 spiro atoms. The molecule has 28 heavy (non-hydrogen) atoms. The number of aromatic nitrogens is 2. The zero-order valence-electron chi connectivity index (χ0n) is 15.2. The lowest BCUT2D eigenvalue weighted by Gasteiger charge is -2.30. The maximum Gasteiger partial charge on any atom is 0.229 e. The number of carbonyl (C=O) groups excluding carboxylic acids is 2. The number of anilines is 1. The number of nitrogens with zero attached hydrogens (tertiary/aromatic N) is 3. The zero-order valence-corrected chi connectivity index (χ0v) is 16.8. The van der Waals surface area contributed by atoms with Crippen molar-refractivity contribution in [2.75, 3.05) is 18.0 Å². The van der Waals surface area contributed by atoms with Crippen molar-refractivity contribution in [3.63, 3.8) is 0 Å². The Morgan fingerprint density at radius 2 is 2.00 bits per heavy atom. The van der Waals surface area contributed by atoms with E-state index >= 15 is 0 Å². The van der Waals surface area contributed by atoms with Gasteiger partial charge in [-0.1, -0.05) is 40.2 Å². The lowest BCUT2D eigenvalue weighted by Crippen LogP contribution is -2.40. The van der Waals surface area contributed by atoms with Crippen molar-refractivity contribution in [2.24, 2.45) is 5.92 Å². The van der Waals surface area contributed by atoms with Crippen LogP contribution in [-0.2, 0) is 22.6 Å². The highest BCUT2D eigenvalue weighted by Gasteiger charge is 2.39. The molecule has 7 heteroatoms. The smallest absolute Gasteiger partial charge is 0.229 e. The molecule has 1 saturated heterocycles. The van der Waals surface area contributed by atoms with Crippen LogP contribution in [-0.4, -0.2) is 40.0 Å². The number of rotatable bonds is 2. The van der Waals surface area contributed by atoms with E-state index < -0.39 is 0 Å². The lowest BCUT2D eigenvalue weighted by atomic mass is 9.98. The predicted molar refractivity (Wildman–Crippen MR) is 110 cm³/mol. The van der Waals surface area contributed by atoms with Gasteiger partial charge in [0.2, 0.25) is 11.8 Å². The van der Waals surface area contributed by atoms with Gasteiger partial charge in [0.25, 0.3) is 0 Å². The lowest BCUT2D eigenvalue weighted by molar-refractivity contribution is -0.136. The summed E-state index contributed by atoms with van der Waals surface area (Å²) in [5.74, 6) is 0.298. The van der Waals surface area contributed by atoms with Crippen molar-refractivity contribution >= 4 is 44.5 Å². The summed E-state index contributed by atoms with van der Waals surface area (Å²) in [6.45, 7) is 1.71. The quantitative estimate of drug-likeness (QED) is 0.667. The minimum Gasteiger partial charge on any atom is -0.338 e. The Bertz CT molecular complexity index is 1090. The summed E-state index contributed by atoms with van der Waals surface area (Å²) < 4.78 is 0.946. The third-order valence-electron chi connectivity index (χ3n) is 5.68. The van der Waals surface area contributed by atoms with E-state index in [1.165, 1.54) is 11.1 Å². The molecule has 0 unspecified atom stereocenters. The molecule has 6 nitrogen and oxygen atoms in total. The van der Waals surface area contributed by atoms with Gasteiger partial charge in [0.05, 0.1) is 11.4 Å². The maximum atomic E-state index is 13.1. The number of amides is 2. The number of nitrogens with one attached hydrogen (secondary N) is 1. The number of hydrogen-bond acceptors (Lipinski definition) is 3. The standard InChI is InChI=1S/C21H19BrN4O2/c22-16-5-6-17-18(10-16)23-24-20(17)26-12-15(9-19(26)27)21(28)25-8-7-13-3-1-2-4-14(13)11-25/h1-6,10,15H,7-9,11-12H2,(H,23,24)/t15-/m0/s1. The molecule has 0 radical (unpaired) electrons. The first kappa shape index (κ1) is 17.4. The molecular weight excluding hydrogens is 420 g/mol. The number of H-pyrrole nitrogens is 1. The number of benzene rings is 2. The number of hydrogen-bond donors (Lipinski definition) is 1. The molecule has 2 aliphatic rings. The maximum absolute atomic E-state index is 13.1. The van der Waals surface area contributed by atoms with Crippen LogP contribution in [0.3, 0.4) is 0 Å². The van der Waals surface area contributed by atoms with Gasteiger partial charge in [-0.3, -0.25) is 19.6 Å². The molecule has 3 aromatic rings. The predicted octanol–water partition coefficient (Wildman–Crippen LogP) is 3.26. The van der Waals surface area contributed by atoms with Gasteiger partial charge in [-0.2, -0.15) is 5.10 Å². The molecule has 1 atom stereocenters. The second-order valence-electron chi connectivity index (χ2n) is 7.42. The minimum atomic E-state index is -0.319. The fourth-order valence-electron chi connectivity index (χ4n) is 4.20. The van der Waals surface area contributed by atoms with Crippen molar-refractivity contribution in [3.05, 3.63) is 58.1 Å². The molecule has 2 aliphatic heterocycles. The molecule has 142 valence electrons. The van der Waals surface area contributed by atoms with Crippen LogP contribution in [0.15, 0.2) is 46.9 Å². The highest BCUT2D eigenvalue weighted by molar-refractivity contribution is 9.10. The first-order chi connectivity index (χ1) is 13.6. The summed E-state index contributed by atoms with van der Waals surface area (Å²) in [7, 11) is 0. The normalized spacial score (nSPS) is 19.3. The first-order valence-corrected chi connectivity index (χ1v) is 10.2. The van der Waals surface area contributed by atoms with E-state index in [1.807, 2.05) is 35.2 Å². The van der Waals surface area contributed by atoms with Crippen LogP contribution in [0.2, 0.25) is 0 Å². The third-order valence-corrected chi connectivity index (χ3v) is 6.17. The van der Waals surface area contributed by atoms with Crippen LogP contribution in [0.4, 0.5) is 5.82 Å². The third kappa shape index (κ3) is 2.90. The molecule has 1 aromatic heterocycles. The second-order valence-corrected chi connectivity index (χ2v) is 8.34. The van der Waals surface area contributed by atoms with Crippen LogP contribution in [0, 0.1) is 5.92 Å². The molecule has 1 fully saturated rings. The van der Waals surface area contributed by atoms with E-state index in [9.17, 15) is 9.59 Å². The van der Waals surface area contributed by atoms with Gasteiger partial charge in [0, 0.05) is 35.9 Å². The molecule has 2 aromatic carbocycles. The van der Waals surface area contributed by atoms with Crippen LogP contribution in [0.1, 0.15) is 17.5 Å². The van der Waals surface area contributed by atoms with E-state index in [2.05, 4.69) is 38.3 Å². The fraction of sp³-hybridized carbons (Fsp3) is 0.286. The van der Waals surface area contributed by atoms with Crippen molar-refractivity contribution in [1.82, 2.24) is 15.1 Å². The summed E-state index contributed by atoms with van der Waals surface area (Å²) in [4.78, 5) is 29.3.